The van der Waals surface area contributed by atoms with Crippen LogP contribution in [0.4, 0.5) is 0 Å². The van der Waals surface area contributed by atoms with Crippen LogP contribution < -0.4 is 0 Å². The van der Waals surface area contributed by atoms with E-state index >= 15 is 0 Å². The number of hydrogen-bond acceptors (Lipinski definition) is 0. The second-order valence-corrected chi connectivity index (χ2v) is 0. The van der Waals surface area contributed by atoms with Gasteiger partial charge in [-0.15, -0.1) is 0 Å². The quantitative estimate of drug-likeness (QED) is 0.596. The Kier molecular flexibility index (Phi) is 3110. The molecule has 0 nitrogen and oxygen atoms in total. The Morgan fingerprint density at radius 2 is 0.714 bits per heavy atom. The van der Waals surface area contributed by atoms with Gasteiger partial charge in [0, 0.05) is 0 Å². The van der Waals surface area contributed by atoms with E-state index in [2.05, 4.69) is 13.8 Å². The van der Waals surface area contributed by atoms with E-state index in [1.807, 2.05) is 0 Å². The molecule has 0 radical (unpaired) electrons. The molecular formula is C6H18W. The molecular weight excluding hydrogens is 256 g/mol. The topological polar surface area (TPSA) is 0 Å². The molecule has 0 bridgehead atoms. The molecule has 0 N–H and O–H groups in total. The van der Waals surface area contributed by atoms with Gasteiger partial charge in [-0.25, -0.2) is 0 Å². The summed E-state index contributed by atoms with van der Waals surface area (Å²) in [4.78, 5) is 0. The van der Waals surface area contributed by atoms with Crippen LogP contribution in [0.2, 0.25) is 0 Å². The van der Waals surface area contributed by atoms with Gasteiger partial charge in [-0.2, -0.15) is 13.8 Å². The Labute approximate surface area is 64.0 Å². The van der Waals surface area contributed by atoms with Crippen molar-refractivity contribution in [1.82, 2.24) is 0 Å². The molecule has 0 saturated heterocycles. The molecule has 0 heterocycles. The van der Waals surface area contributed by atoms with Gasteiger partial charge < -0.3 is 13.8 Å². The van der Waals surface area contributed by atoms with Crippen LogP contribution in [0.15, 0.2) is 0 Å². The minimum Gasteiger partial charge on any atom is -0.346 e. The van der Waals surface area contributed by atoms with E-state index in [1.54, 1.807) is 13.8 Å². The van der Waals surface area contributed by atoms with Crippen molar-refractivity contribution in [3.05, 3.63) is 13.8 Å². The summed E-state index contributed by atoms with van der Waals surface area (Å²) < 4.78 is 0. The minimum atomic E-state index is 0. The second-order valence-electron chi connectivity index (χ2n) is 0. The second kappa shape index (κ2) is 457. The summed E-state index contributed by atoms with van der Waals surface area (Å²) >= 11 is 0. The van der Waals surface area contributed by atoms with Crippen molar-refractivity contribution in [2.45, 2.75) is 28.7 Å². The maximum absolute atomic E-state index is 3.25. The van der Waals surface area contributed by atoms with Gasteiger partial charge in [-0.1, -0.05) is 14.9 Å². The predicted molar refractivity (Wildman–Crippen MR) is 35.5 cm³/mol. The van der Waals surface area contributed by atoms with Gasteiger partial charge in [0.1, 0.15) is 0 Å². The van der Waals surface area contributed by atoms with E-state index in [-0.39, 0.29) is 35.9 Å². The average molecular weight is 274 g/mol. The van der Waals surface area contributed by atoms with Gasteiger partial charge in [0.05, 0.1) is 0 Å². The molecule has 0 atom stereocenters. The SMILES string of the molecule is C.C.[CH2-]C.[CH2-]C.[W+2]. The van der Waals surface area contributed by atoms with E-state index in [0.717, 1.165) is 0 Å². The molecule has 48 valence electrons. The molecule has 0 aromatic rings. The van der Waals surface area contributed by atoms with Crippen molar-refractivity contribution in [2.24, 2.45) is 0 Å². The molecule has 0 fully saturated rings. The smallest absolute Gasteiger partial charge is 0.346 e. The fraction of sp³-hybridized carbons (Fsp3) is 0.667. The minimum absolute atomic E-state index is 0. The van der Waals surface area contributed by atoms with Crippen LogP contribution in [0, 0.1) is 13.8 Å². The van der Waals surface area contributed by atoms with Crippen LogP contribution >= 0.6 is 0 Å². The first-order valence-electron chi connectivity index (χ1n) is 1.41. The molecule has 0 rings (SSSR count). The largest absolute Gasteiger partial charge is 2.00 e. The Morgan fingerprint density at radius 1 is 0.714 bits per heavy atom. The summed E-state index contributed by atoms with van der Waals surface area (Å²) in [5.41, 5.74) is 0. The van der Waals surface area contributed by atoms with Crippen molar-refractivity contribution in [1.29, 1.82) is 0 Å². The van der Waals surface area contributed by atoms with Gasteiger partial charge in [0.15, 0.2) is 0 Å². The van der Waals surface area contributed by atoms with Crippen LogP contribution in [0.1, 0.15) is 28.7 Å². The summed E-state index contributed by atoms with van der Waals surface area (Å²) in [7, 11) is 0. The van der Waals surface area contributed by atoms with Gasteiger partial charge in [-0.3, -0.25) is 0 Å². The monoisotopic (exact) mass is 274 g/mol. The molecule has 0 aliphatic heterocycles. The zero-order valence-corrected chi connectivity index (χ0v) is 6.76. The van der Waals surface area contributed by atoms with E-state index in [0.29, 0.717) is 0 Å². The normalized spacial score (nSPS) is 1.71. The van der Waals surface area contributed by atoms with Crippen molar-refractivity contribution in [3.63, 3.8) is 0 Å². The van der Waals surface area contributed by atoms with Crippen LogP contribution in [-0.4, -0.2) is 0 Å². The Bertz CT molecular complexity index is 4.14. The standard InChI is InChI=1S/2C2H5.2CH4.W/c2*1-2;;;/h2*1H2,2H3;2*1H4;/q2*-1;;;+2. The van der Waals surface area contributed by atoms with Crippen LogP contribution in [0.25, 0.3) is 0 Å². The zero-order valence-electron chi connectivity index (χ0n) is 3.82. The average Bonchev–Trinajstić information content (AvgIpc) is 1.50. The molecule has 1 heteroatoms. The van der Waals surface area contributed by atoms with Gasteiger partial charge in [0.25, 0.3) is 0 Å². The summed E-state index contributed by atoms with van der Waals surface area (Å²) in [6, 6.07) is 0. The predicted octanol–water partition coefficient (Wildman–Crippen LogP) is 2.95. The molecule has 7 heavy (non-hydrogen) atoms. The Balaban J connectivity index is -0.00000000267. The van der Waals surface area contributed by atoms with Gasteiger partial charge in [-0.05, 0) is 0 Å². The fourth-order valence-corrected chi connectivity index (χ4v) is 0. The zero-order chi connectivity index (χ0) is 4.00. The van der Waals surface area contributed by atoms with Crippen molar-refractivity contribution in [2.75, 3.05) is 0 Å². The summed E-state index contributed by atoms with van der Waals surface area (Å²) in [5, 5.41) is 0. The maximum Gasteiger partial charge on any atom is 2.00 e. The van der Waals surface area contributed by atoms with Crippen molar-refractivity contribution >= 4 is 0 Å². The molecule has 0 unspecified atom stereocenters. The third kappa shape index (κ3) is 310. The first-order valence-corrected chi connectivity index (χ1v) is 1.41. The third-order valence-corrected chi connectivity index (χ3v) is 0. The molecule has 0 amide bonds. The fourth-order valence-electron chi connectivity index (χ4n) is 0. The van der Waals surface area contributed by atoms with Gasteiger partial charge >= 0.3 is 21.1 Å². The van der Waals surface area contributed by atoms with E-state index in [4.69, 9.17) is 0 Å². The number of rotatable bonds is 0. The van der Waals surface area contributed by atoms with E-state index in [1.165, 1.54) is 0 Å². The summed E-state index contributed by atoms with van der Waals surface area (Å²) in [6.07, 6.45) is 0. The molecule has 0 spiro atoms. The van der Waals surface area contributed by atoms with Crippen molar-refractivity contribution in [3.8, 4) is 0 Å². The first kappa shape index (κ1) is 47.6. The maximum atomic E-state index is 3.25. The Morgan fingerprint density at radius 3 is 0.714 bits per heavy atom. The first-order chi connectivity index (χ1) is 2.00. The Hall–Kier alpha value is 0.688. The van der Waals surface area contributed by atoms with Crippen LogP contribution in [-0.2, 0) is 21.1 Å². The molecule has 0 saturated carbocycles. The molecule has 0 aliphatic rings. The third-order valence-electron chi connectivity index (χ3n) is 0. The number of hydrogen-bond donors (Lipinski definition) is 0. The van der Waals surface area contributed by atoms with E-state index < -0.39 is 0 Å². The van der Waals surface area contributed by atoms with Crippen molar-refractivity contribution < 1.29 is 21.1 Å². The van der Waals surface area contributed by atoms with Crippen LogP contribution in [0.5, 0.6) is 0 Å². The van der Waals surface area contributed by atoms with E-state index in [9.17, 15) is 0 Å². The summed E-state index contributed by atoms with van der Waals surface area (Å²) in [6.45, 7) is 10.0. The molecule has 0 aromatic heterocycles. The summed E-state index contributed by atoms with van der Waals surface area (Å²) in [5.74, 6) is 0. The molecule has 0 aromatic carbocycles. The van der Waals surface area contributed by atoms with Gasteiger partial charge in [0.2, 0.25) is 0 Å². The molecule has 0 aliphatic carbocycles. The van der Waals surface area contributed by atoms with Crippen LogP contribution in [0.3, 0.4) is 0 Å².